The van der Waals surface area contributed by atoms with E-state index < -0.39 is 17.6 Å². The Morgan fingerprint density at radius 3 is 2.60 bits per heavy atom. The van der Waals surface area contributed by atoms with Crippen LogP contribution < -0.4 is 5.32 Å². The minimum atomic E-state index is -0.658. The molecule has 4 nitrogen and oxygen atoms in total. The summed E-state index contributed by atoms with van der Waals surface area (Å²) >= 11 is 0. The molecule has 1 aliphatic heterocycles. The number of carbonyl (C=O) groups excluding carboxylic acids is 1. The van der Waals surface area contributed by atoms with Crippen LogP contribution >= 0.6 is 0 Å². The van der Waals surface area contributed by atoms with Crippen molar-refractivity contribution in [1.29, 1.82) is 0 Å². The van der Waals surface area contributed by atoms with E-state index in [1.807, 2.05) is 31.2 Å². The highest BCUT2D eigenvalue weighted by Gasteiger charge is 2.31. The lowest BCUT2D eigenvalue weighted by atomic mass is 9.87. The Bertz CT molecular complexity index is 960. The van der Waals surface area contributed by atoms with Gasteiger partial charge in [0.15, 0.2) is 0 Å². The van der Waals surface area contributed by atoms with Crippen molar-refractivity contribution in [2.24, 2.45) is 0 Å². The van der Waals surface area contributed by atoms with Gasteiger partial charge in [-0.2, -0.15) is 5.10 Å². The van der Waals surface area contributed by atoms with Gasteiger partial charge in [0.25, 0.3) is 0 Å². The molecule has 25 heavy (non-hydrogen) atoms. The van der Waals surface area contributed by atoms with E-state index in [1.54, 1.807) is 10.9 Å². The number of rotatable bonds is 2. The fourth-order valence-corrected chi connectivity index (χ4v) is 3.28. The van der Waals surface area contributed by atoms with Crippen LogP contribution in [0.4, 0.5) is 14.6 Å². The van der Waals surface area contributed by atoms with Crippen LogP contribution in [0.5, 0.6) is 0 Å². The summed E-state index contributed by atoms with van der Waals surface area (Å²) in [5.74, 6) is -1.42. The molecule has 0 fully saturated rings. The first kappa shape index (κ1) is 15.5. The summed E-state index contributed by atoms with van der Waals surface area (Å²) < 4.78 is 28.9. The van der Waals surface area contributed by atoms with Crippen molar-refractivity contribution < 1.29 is 13.6 Å². The van der Waals surface area contributed by atoms with Gasteiger partial charge in [0, 0.05) is 24.0 Å². The second kappa shape index (κ2) is 5.81. The van der Waals surface area contributed by atoms with Crippen molar-refractivity contribution in [1.82, 2.24) is 9.78 Å². The lowest BCUT2D eigenvalue weighted by Crippen LogP contribution is -2.24. The number of nitrogens with one attached hydrogen (secondary N) is 1. The Balaban J connectivity index is 1.86. The Hall–Kier alpha value is -3.02. The molecule has 0 aliphatic carbocycles. The number of para-hydroxylation sites is 1. The van der Waals surface area contributed by atoms with Gasteiger partial charge in [-0.1, -0.05) is 18.2 Å². The molecule has 0 saturated heterocycles. The number of benzene rings is 2. The lowest BCUT2D eigenvalue weighted by Gasteiger charge is -2.24. The smallest absolute Gasteiger partial charge is 0.226 e. The van der Waals surface area contributed by atoms with Gasteiger partial charge in [0.05, 0.1) is 11.9 Å². The van der Waals surface area contributed by atoms with E-state index in [4.69, 9.17) is 0 Å². The fraction of sp³-hybridized carbons (Fsp3) is 0.158. The van der Waals surface area contributed by atoms with Gasteiger partial charge >= 0.3 is 0 Å². The summed E-state index contributed by atoms with van der Waals surface area (Å²) in [7, 11) is 0. The minimum Gasteiger partial charge on any atom is -0.310 e. The van der Waals surface area contributed by atoms with Crippen LogP contribution in [0.25, 0.3) is 5.69 Å². The quantitative estimate of drug-likeness (QED) is 0.769. The molecule has 2 aromatic carbocycles. The Labute approximate surface area is 143 Å². The third-order valence-corrected chi connectivity index (χ3v) is 4.45. The Kier molecular flexibility index (Phi) is 3.60. The van der Waals surface area contributed by atoms with Crippen molar-refractivity contribution >= 4 is 11.7 Å². The maximum Gasteiger partial charge on any atom is 0.226 e. The van der Waals surface area contributed by atoms with Crippen molar-refractivity contribution in [3.05, 3.63) is 77.0 Å². The van der Waals surface area contributed by atoms with Crippen molar-refractivity contribution in [2.45, 2.75) is 19.3 Å². The van der Waals surface area contributed by atoms with E-state index in [2.05, 4.69) is 10.4 Å². The summed E-state index contributed by atoms with van der Waals surface area (Å²) in [5, 5.41) is 7.24. The molecule has 1 unspecified atom stereocenters. The largest absolute Gasteiger partial charge is 0.310 e. The number of hydrogen-bond donors (Lipinski definition) is 1. The first-order valence-corrected chi connectivity index (χ1v) is 7.92. The van der Waals surface area contributed by atoms with Crippen LogP contribution in [0.15, 0.2) is 48.7 Å². The molecule has 2 heterocycles. The van der Waals surface area contributed by atoms with Crippen LogP contribution in [-0.2, 0) is 4.79 Å². The minimum absolute atomic E-state index is 0.120. The Morgan fingerprint density at radius 1 is 1.16 bits per heavy atom. The van der Waals surface area contributed by atoms with Crippen LogP contribution in [-0.4, -0.2) is 15.7 Å². The highest BCUT2D eigenvalue weighted by molar-refractivity contribution is 5.94. The van der Waals surface area contributed by atoms with Gasteiger partial charge in [-0.25, -0.2) is 13.5 Å². The van der Waals surface area contributed by atoms with Crippen LogP contribution in [0.3, 0.4) is 0 Å². The molecule has 1 atom stereocenters. The number of fused-ring (bicyclic) bond motifs is 1. The molecule has 0 saturated carbocycles. The number of nitrogens with zero attached hydrogens (tertiary/aromatic N) is 2. The summed E-state index contributed by atoms with van der Waals surface area (Å²) in [6.45, 7) is 1.95. The van der Waals surface area contributed by atoms with Gasteiger partial charge in [0.1, 0.15) is 17.5 Å². The number of aromatic nitrogens is 2. The van der Waals surface area contributed by atoms with Crippen LogP contribution in [0, 0.1) is 18.6 Å². The zero-order valence-corrected chi connectivity index (χ0v) is 13.5. The Morgan fingerprint density at radius 2 is 1.88 bits per heavy atom. The molecule has 4 rings (SSSR count). The number of halogens is 2. The van der Waals surface area contributed by atoms with Gasteiger partial charge < -0.3 is 5.32 Å². The first-order valence-electron chi connectivity index (χ1n) is 7.92. The molecular weight excluding hydrogens is 324 g/mol. The molecular formula is C19H15F2N3O. The van der Waals surface area contributed by atoms with Crippen molar-refractivity contribution in [2.75, 3.05) is 5.32 Å². The molecule has 1 N–H and O–H groups in total. The van der Waals surface area contributed by atoms with Crippen LogP contribution in [0.1, 0.15) is 29.0 Å². The molecule has 0 radical (unpaired) electrons. The second-order valence-corrected chi connectivity index (χ2v) is 6.15. The summed E-state index contributed by atoms with van der Waals surface area (Å²) in [6, 6.07) is 11.0. The van der Waals surface area contributed by atoms with Gasteiger partial charge in [-0.3, -0.25) is 4.79 Å². The number of carbonyl (C=O) groups is 1. The SMILES string of the molecule is Cc1ccccc1-n1ncc2c1NC(=O)CC2c1cc(F)cc(F)c1. The summed E-state index contributed by atoms with van der Waals surface area (Å²) in [4.78, 5) is 12.2. The molecule has 126 valence electrons. The maximum atomic E-state index is 13.6. The molecule has 6 heteroatoms. The number of hydrogen-bond acceptors (Lipinski definition) is 2. The fourth-order valence-electron chi connectivity index (χ4n) is 3.28. The van der Waals surface area contributed by atoms with Crippen LogP contribution in [0.2, 0.25) is 0 Å². The topological polar surface area (TPSA) is 46.9 Å². The van der Waals surface area contributed by atoms with Crippen molar-refractivity contribution in [3.63, 3.8) is 0 Å². The number of aryl methyl sites for hydroxylation is 1. The first-order chi connectivity index (χ1) is 12.0. The second-order valence-electron chi connectivity index (χ2n) is 6.15. The maximum absolute atomic E-state index is 13.6. The highest BCUT2D eigenvalue weighted by Crippen LogP contribution is 2.38. The molecule has 0 bridgehead atoms. The summed E-state index contributed by atoms with van der Waals surface area (Å²) in [5.41, 5.74) is 3.02. The van der Waals surface area contributed by atoms with E-state index in [0.717, 1.165) is 22.9 Å². The third kappa shape index (κ3) is 2.69. The average Bonchev–Trinajstić information content (AvgIpc) is 2.97. The zero-order chi connectivity index (χ0) is 17.6. The summed E-state index contributed by atoms with van der Waals surface area (Å²) in [6.07, 6.45) is 1.77. The van der Waals surface area contributed by atoms with Gasteiger partial charge in [-0.05, 0) is 36.2 Å². The highest BCUT2D eigenvalue weighted by atomic mass is 19.1. The van der Waals surface area contributed by atoms with Gasteiger partial charge in [-0.15, -0.1) is 0 Å². The number of anilines is 1. The standard InChI is InChI=1S/C19H15F2N3O/c1-11-4-2-3-5-17(11)24-19-16(10-22-24)15(9-18(25)23-19)12-6-13(20)8-14(21)7-12/h2-8,10,15H,9H2,1H3,(H,23,25). The van der Waals surface area contributed by atoms with E-state index in [9.17, 15) is 13.6 Å². The van der Waals surface area contributed by atoms with E-state index in [1.165, 1.54) is 12.1 Å². The van der Waals surface area contributed by atoms with Gasteiger partial charge in [0.2, 0.25) is 5.91 Å². The lowest BCUT2D eigenvalue weighted by molar-refractivity contribution is -0.116. The predicted molar refractivity (Wildman–Crippen MR) is 89.7 cm³/mol. The normalized spacial score (nSPS) is 16.4. The molecule has 1 amide bonds. The molecule has 3 aromatic rings. The average molecular weight is 339 g/mol. The molecule has 0 spiro atoms. The van der Waals surface area contributed by atoms with E-state index in [-0.39, 0.29) is 12.3 Å². The van der Waals surface area contributed by atoms with E-state index >= 15 is 0 Å². The monoisotopic (exact) mass is 339 g/mol. The third-order valence-electron chi connectivity index (χ3n) is 4.45. The zero-order valence-electron chi connectivity index (χ0n) is 13.5. The molecule has 1 aliphatic rings. The predicted octanol–water partition coefficient (Wildman–Crippen LogP) is 3.93. The number of amides is 1. The van der Waals surface area contributed by atoms with Crippen molar-refractivity contribution in [3.8, 4) is 5.69 Å². The van der Waals surface area contributed by atoms with E-state index in [0.29, 0.717) is 11.4 Å². The molecule has 1 aromatic heterocycles.